The maximum atomic E-state index is 12.8. The van der Waals surface area contributed by atoms with Gasteiger partial charge >= 0.3 is 6.18 Å². The Hall–Kier alpha value is -3.75. The van der Waals surface area contributed by atoms with E-state index in [-0.39, 0.29) is 0 Å². The summed E-state index contributed by atoms with van der Waals surface area (Å²) in [4.78, 5) is 23.9. The highest BCUT2D eigenvalue weighted by Gasteiger charge is 2.31. The van der Waals surface area contributed by atoms with E-state index in [2.05, 4.69) is 5.32 Å². The van der Waals surface area contributed by atoms with Crippen molar-refractivity contribution < 1.29 is 27.4 Å². The van der Waals surface area contributed by atoms with Gasteiger partial charge in [-0.15, -0.1) is 0 Å². The number of aromatic nitrogens is 1. The van der Waals surface area contributed by atoms with Crippen LogP contribution in [0.5, 0.6) is 17.2 Å². The first kappa shape index (κ1) is 21.9. The Labute approximate surface area is 175 Å². The number of benzene rings is 2. The third kappa shape index (κ3) is 6.11. The highest BCUT2D eigenvalue weighted by molar-refractivity contribution is 5.90. The minimum Gasteiger partial charge on any atom is -0.494 e. The van der Waals surface area contributed by atoms with Gasteiger partial charge in [0.2, 0.25) is 5.91 Å². The first-order valence-corrected chi connectivity index (χ1v) is 9.33. The van der Waals surface area contributed by atoms with Gasteiger partial charge in [0.1, 0.15) is 23.8 Å². The second kappa shape index (κ2) is 9.38. The maximum absolute atomic E-state index is 12.8. The summed E-state index contributed by atoms with van der Waals surface area (Å²) in [5.74, 6) is 1.22. The monoisotopic (exact) mass is 432 g/mol. The normalized spacial score (nSPS) is 11.1. The molecule has 3 rings (SSSR count). The van der Waals surface area contributed by atoms with Gasteiger partial charge in [-0.2, -0.15) is 13.2 Å². The Morgan fingerprint density at radius 2 is 1.52 bits per heavy atom. The van der Waals surface area contributed by atoms with E-state index in [9.17, 15) is 22.8 Å². The molecule has 0 aliphatic carbocycles. The number of hydrogen-bond acceptors (Lipinski definition) is 4. The SMILES string of the molecule is CCOc1ccc(Oc2ccc(NC(=O)Cn3cc(C(F)(F)F)ccc3=O)cc2)cc1. The Morgan fingerprint density at radius 1 is 0.935 bits per heavy atom. The van der Waals surface area contributed by atoms with Crippen LogP contribution < -0.4 is 20.3 Å². The summed E-state index contributed by atoms with van der Waals surface area (Å²) >= 11 is 0. The lowest BCUT2D eigenvalue weighted by Crippen LogP contribution is -2.28. The van der Waals surface area contributed by atoms with Crippen LogP contribution >= 0.6 is 0 Å². The van der Waals surface area contributed by atoms with Gasteiger partial charge in [0, 0.05) is 18.0 Å². The molecule has 1 N–H and O–H groups in total. The fraction of sp³-hybridized carbons (Fsp3) is 0.182. The van der Waals surface area contributed by atoms with Gasteiger partial charge in [-0.05, 0) is 61.5 Å². The van der Waals surface area contributed by atoms with Crippen LogP contribution in [0.4, 0.5) is 18.9 Å². The number of rotatable bonds is 7. The second-order valence-corrected chi connectivity index (χ2v) is 6.46. The number of alkyl halides is 3. The van der Waals surface area contributed by atoms with E-state index in [1.165, 1.54) is 0 Å². The predicted octanol–water partition coefficient (Wildman–Crippen LogP) is 4.70. The molecule has 0 saturated heterocycles. The maximum Gasteiger partial charge on any atom is 0.417 e. The minimum absolute atomic E-state index is 0.407. The average Bonchev–Trinajstić information content (AvgIpc) is 2.72. The molecule has 0 saturated carbocycles. The molecule has 0 aliphatic rings. The lowest BCUT2D eigenvalue weighted by atomic mass is 10.2. The van der Waals surface area contributed by atoms with Crippen molar-refractivity contribution in [2.75, 3.05) is 11.9 Å². The number of nitrogens with zero attached hydrogens (tertiary/aromatic N) is 1. The van der Waals surface area contributed by atoms with Gasteiger partial charge in [0.15, 0.2) is 0 Å². The fourth-order valence-corrected chi connectivity index (χ4v) is 2.69. The van der Waals surface area contributed by atoms with Crippen molar-refractivity contribution in [1.29, 1.82) is 0 Å². The summed E-state index contributed by atoms with van der Waals surface area (Å²) in [6.45, 7) is 1.91. The smallest absolute Gasteiger partial charge is 0.417 e. The van der Waals surface area contributed by atoms with E-state index >= 15 is 0 Å². The number of carbonyl (C=O) groups is 1. The molecule has 3 aromatic rings. The number of anilines is 1. The number of pyridine rings is 1. The zero-order valence-corrected chi connectivity index (χ0v) is 16.5. The molecule has 0 fully saturated rings. The number of halogens is 3. The van der Waals surface area contributed by atoms with Crippen LogP contribution in [0.25, 0.3) is 0 Å². The lowest BCUT2D eigenvalue weighted by Gasteiger charge is -2.11. The Kier molecular flexibility index (Phi) is 6.64. The number of carbonyl (C=O) groups excluding carboxylic acids is 1. The molecule has 0 atom stereocenters. The molecule has 31 heavy (non-hydrogen) atoms. The topological polar surface area (TPSA) is 69.6 Å². The zero-order valence-electron chi connectivity index (χ0n) is 16.5. The molecule has 6 nitrogen and oxygen atoms in total. The lowest BCUT2D eigenvalue weighted by molar-refractivity contribution is -0.138. The first-order chi connectivity index (χ1) is 14.7. The van der Waals surface area contributed by atoms with Crippen molar-refractivity contribution in [1.82, 2.24) is 4.57 Å². The summed E-state index contributed by atoms with van der Waals surface area (Å²) in [7, 11) is 0. The summed E-state index contributed by atoms with van der Waals surface area (Å²) in [5, 5.41) is 2.54. The molecule has 0 spiro atoms. The van der Waals surface area contributed by atoms with Crippen molar-refractivity contribution in [3.63, 3.8) is 0 Å². The third-order valence-electron chi connectivity index (χ3n) is 4.13. The Balaban J connectivity index is 1.61. The van der Waals surface area contributed by atoms with Crippen LogP contribution in [0.1, 0.15) is 12.5 Å². The largest absolute Gasteiger partial charge is 0.494 e. The molecule has 2 aromatic carbocycles. The Morgan fingerprint density at radius 3 is 2.10 bits per heavy atom. The average molecular weight is 432 g/mol. The van der Waals surface area contributed by atoms with Crippen LogP contribution in [0.3, 0.4) is 0 Å². The number of ether oxygens (including phenoxy) is 2. The van der Waals surface area contributed by atoms with Gasteiger partial charge in [-0.25, -0.2) is 0 Å². The predicted molar refractivity (Wildman–Crippen MR) is 108 cm³/mol. The van der Waals surface area contributed by atoms with Gasteiger partial charge in [0.25, 0.3) is 5.56 Å². The molecule has 162 valence electrons. The molecule has 1 heterocycles. The molecular formula is C22H19F3N2O4. The Bertz CT molecular complexity index is 1090. The summed E-state index contributed by atoms with van der Waals surface area (Å²) in [6.07, 6.45) is -3.99. The van der Waals surface area contributed by atoms with Crippen molar-refractivity contribution in [2.45, 2.75) is 19.6 Å². The van der Waals surface area contributed by atoms with Crippen LogP contribution in [0.15, 0.2) is 71.7 Å². The van der Waals surface area contributed by atoms with Crippen LogP contribution in [0.2, 0.25) is 0 Å². The highest BCUT2D eigenvalue weighted by Crippen LogP contribution is 2.28. The second-order valence-electron chi connectivity index (χ2n) is 6.46. The number of amides is 1. The van der Waals surface area contributed by atoms with Crippen LogP contribution in [0, 0.1) is 0 Å². The van der Waals surface area contributed by atoms with E-state index in [1.807, 2.05) is 6.92 Å². The van der Waals surface area contributed by atoms with Crippen molar-refractivity contribution in [3.05, 3.63) is 82.8 Å². The molecule has 0 unspecified atom stereocenters. The molecule has 9 heteroatoms. The van der Waals surface area contributed by atoms with E-state index in [0.717, 1.165) is 11.8 Å². The zero-order chi connectivity index (χ0) is 22.4. The van der Waals surface area contributed by atoms with E-state index < -0.39 is 29.8 Å². The molecular weight excluding hydrogens is 413 g/mol. The molecule has 1 amide bonds. The van der Waals surface area contributed by atoms with Crippen LogP contribution in [-0.2, 0) is 17.5 Å². The van der Waals surface area contributed by atoms with Crippen molar-refractivity contribution >= 4 is 11.6 Å². The standard InChI is InChI=1S/C22H19F3N2O4/c1-2-30-17-8-10-19(11-9-17)31-18-6-4-16(5-7-18)26-20(28)14-27-13-15(22(23,24)25)3-12-21(27)29/h3-13H,2,14H2,1H3,(H,26,28). The molecule has 0 aliphatic heterocycles. The van der Waals surface area contributed by atoms with Crippen molar-refractivity contribution in [2.24, 2.45) is 0 Å². The molecule has 0 radical (unpaired) electrons. The van der Waals surface area contributed by atoms with E-state index in [4.69, 9.17) is 9.47 Å². The summed E-state index contributed by atoms with van der Waals surface area (Å²) < 4.78 is 50.2. The highest BCUT2D eigenvalue weighted by atomic mass is 19.4. The minimum atomic E-state index is -4.61. The van der Waals surface area contributed by atoms with Crippen molar-refractivity contribution in [3.8, 4) is 17.2 Å². The molecule has 1 aromatic heterocycles. The molecule has 0 bridgehead atoms. The third-order valence-corrected chi connectivity index (χ3v) is 4.13. The van der Waals surface area contributed by atoms with E-state index in [1.54, 1.807) is 48.5 Å². The van der Waals surface area contributed by atoms with Gasteiger partial charge < -0.3 is 19.4 Å². The van der Waals surface area contributed by atoms with Gasteiger partial charge in [-0.1, -0.05) is 0 Å². The van der Waals surface area contributed by atoms with Gasteiger partial charge in [-0.3, -0.25) is 9.59 Å². The quantitative estimate of drug-likeness (QED) is 0.588. The van der Waals surface area contributed by atoms with Gasteiger partial charge in [0.05, 0.1) is 12.2 Å². The summed E-state index contributed by atoms with van der Waals surface area (Å²) in [6, 6.07) is 15.0. The number of hydrogen-bond donors (Lipinski definition) is 1. The first-order valence-electron chi connectivity index (χ1n) is 9.33. The summed E-state index contributed by atoms with van der Waals surface area (Å²) in [5.41, 5.74) is -1.30. The van der Waals surface area contributed by atoms with E-state index in [0.29, 0.717) is 40.6 Å². The van der Waals surface area contributed by atoms with Crippen LogP contribution in [-0.4, -0.2) is 17.1 Å². The number of nitrogens with one attached hydrogen (secondary N) is 1. The fourth-order valence-electron chi connectivity index (χ4n) is 2.69.